The Bertz CT molecular complexity index is 591. The summed E-state index contributed by atoms with van der Waals surface area (Å²) in [5, 5.41) is 6.53. The largest absolute Gasteiger partial charge is 0.347 e. The van der Waals surface area contributed by atoms with Gasteiger partial charge in [0.05, 0.1) is 12.8 Å². The number of hydrazone groups is 1. The van der Waals surface area contributed by atoms with Gasteiger partial charge in [0.1, 0.15) is 0 Å². The van der Waals surface area contributed by atoms with Crippen molar-refractivity contribution in [3.63, 3.8) is 0 Å². The molecule has 0 unspecified atom stereocenters. The Morgan fingerprint density at radius 3 is 2.26 bits per heavy atom. The number of carbonyl (C=O) groups is 2. The number of amides is 2. The molecule has 0 bridgehead atoms. The number of carbonyl (C=O) groups excluding carboxylic acids is 2. The van der Waals surface area contributed by atoms with Crippen molar-refractivity contribution in [1.82, 2.24) is 10.7 Å². The molecule has 0 aliphatic rings. The van der Waals surface area contributed by atoms with Crippen molar-refractivity contribution in [2.24, 2.45) is 5.10 Å². The van der Waals surface area contributed by atoms with Gasteiger partial charge in [-0.25, -0.2) is 5.43 Å². The van der Waals surface area contributed by atoms with Gasteiger partial charge >= 0.3 is 0 Å². The summed E-state index contributed by atoms with van der Waals surface area (Å²) in [6.45, 7) is 2.18. The fraction of sp³-hybridized carbons (Fsp3) is 0.571. The highest BCUT2D eigenvalue weighted by molar-refractivity contribution is 9.10. The van der Waals surface area contributed by atoms with Crippen molar-refractivity contribution in [2.75, 3.05) is 6.54 Å². The molecular weight excluding hydrogens is 406 g/mol. The Morgan fingerprint density at radius 1 is 0.963 bits per heavy atom. The molecule has 0 saturated heterocycles. The number of unbranched alkanes of at least 4 members (excludes halogenated alkanes) is 8. The first kappa shape index (κ1) is 23.3. The fourth-order valence-corrected chi connectivity index (χ4v) is 3.04. The van der Waals surface area contributed by atoms with E-state index in [0.717, 1.165) is 22.9 Å². The molecule has 0 saturated carbocycles. The van der Waals surface area contributed by atoms with Crippen LogP contribution in [-0.2, 0) is 9.59 Å². The second-order valence-corrected chi connectivity index (χ2v) is 7.52. The highest BCUT2D eigenvalue weighted by atomic mass is 79.9. The molecule has 0 aliphatic heterocycles. The number of hydrogen-bond acceptors (Lipinski definition) is 3. The van der Waals surface area contributed by atoms with Gasteiger partial charge in [-0.1, -0.05) is 92.4 Å². The molecule has 0 radical (unpaired) electrons. The maximum Gasteiger partial charge on any atom is 0.259 e. The third-order valence-corrected chi connectivity index (χ3v) is 4.97. The van der Waals surface area contributed by atoms with Gasteiger partial charge in [-0.3, -0.25) is 9.59 Å². The van der Waals surface area contributed by atoms with Crippen molar-refractivity contribution in [1.29, 1.82) is 0 Å². The van der Waals surface area contributed by atoms with E-state index in [4.69, 9.17) is 0 Å². The normalized spacial score (nSPS) is 10.9. The molecule has 0 aromatic heterocycles. The Hall–Kier alpha value is -1.69. The topological polar surface area (TPSA) is 70.6 Å². The molecule has 1 rings (SSSR count). The first-order chi connectivity index (χ1) is 13.1. The molecular formula is C21H32BrN3O2. The summed E-state index contributed by atoms with van der Waals surface area (Å²) in [7, 11) is 0. The van der Waals surface area contributed by atoms with Crippen molar-refractivity contribution in [3.05, 3.63) is 34.3 Å². The van der Waals surface area contributed by atoms with Gasteiger partial charge in [0.2, 0.25) is 5.91 Å². The summed E-state index contributed by atoms with van der Waals surface area (Å²) in [5.41, 5.74) is 3.28. The Kier molecular flexibility index (Phi) is 13.3. The van der Waals surface area contributed by atoms with Gasteiger partial charge in [-0.05, 0) is 12.5 Å². The molecule has 2 N–H and O–H groups in total. The number of benzene rings is 1. The monoisotopic (exact) mass is 437 g/mol. The Balaban J connectivity index is 2.02. The van der Waals surface area contributed by atoms with Crippen LogP contribution in [0.5, 0.6) is 0 Å². The smallest absolute Gasteiger partial charge is 0.259 e. The highest BCUT2D eigenvalue weighted by Gasteiger charge is 2.04. The molecule has 6 heteroatoms. The third-order valence-electron chi connectivity index (χ3n) is 4.25. The number of nitrogens with zero attached hydrogens (tertiary/aromatic N) is 1. The minimum atomic E-state index is -0.335. The predicted octanol–water partition coefficient (Wildman–Crippen LogP) is 4.94. The summed E-state index contributed by atoms with van der Waals surface area (Å²) in [5.74, 6) is -0.415. The number of halogens is 1. The molecule has 0 spiro atoms. The van der Waals surface area contributed by atoms with Gasteiger partial charge < -0.3 is 5.32 Å². The molecule has 1 aromatic carbocycles. The zero-order valence-corrected chi connectivity index (χ0v) is 17.9. The summed E-state index contributed by atoms with van der Waals surface area (Å²) in [6, 6.07) is 7.58. The zero-order chi connectivity index (χ0) is 19.7. The van der Waals surface area contributed by atoms with E-state index in [1.54, 1.807) is 6.21 Å². The quantitative estimate of drug-likeness (QED) is 0.246. The Morgan fingerprint density at radius 2 is 1.59 bits per heavy atom. The van der Waals surface area contributed by atoms with Gasteiger partial charge in [0, 0.05) is 16.5 Å². The van der Waals surface area contributed by atoms with Crippen LogP contribution in [0.25, 0.3) is 0 Å². The Labute approximate surface area is 171 Å². The van der Waals surface area contributed by atoms with Crippen molar-refractivity contribution < 1.29 is 9.59 Å². The average molecular weight is 438 g/mol. The van der Waals surface area contributed by atoms with E-state index < -0.39 is 0 Å². The van der Waals surface area contributed by atoms with Crippen LogP contribution in [0, 0.1) is 0 Å². The fourth-order valence-electron chi connectivity index (χ4n) is 2.66. The van der Waals surface area contributed by atoms with Crippen LogP contribution in [0.3, 0.4) is 0 Å². The van der Waals surface area contributed by atoms with Crippen LogP contribution in [0.4, 0.5) is 0 Å². The average Bonchev–Trinajstić information content (AvgIpc) is 2.66. The van der Waals surface area contributed by atoms with E-state index in [1.807, 2.05) is 24.3 Å². The minimum absolute atomic E-state index is 0.0520. The first-order valence-electron chi connectivity index (χ1n) is 9.96. The van der Waals surface area contributed by atoms with Crippen LogP contribution < -0.4 is 10.7 Å². The van der Waals surface area contributed by atoms with Gasteiger partial charge in [-0.2, -0.15) is 5.10 Å². The van der Waals surface area contributed by atoms with Crippen LogP contribution in [-0.4, -0.2) is 24.6 Å². The summed E-state index contributed by atoms with van der Waals surface area (Å²) in [6.07, 6.45) is 13.0. The number of nitrogens with one attached hydrogen (secondary N) is 2. The number of hydrogen-bond donors (Lipinski definition) is 2. The first-order valence-corrected chi connectivity index (χ1v) is 10.8. The third kappa shape index (κ3) is 12.3. The lowest BCUT2D eigenvalue weighted by molar-refractivity contribution is -0.126. The molecule has 150 valence electrons. The molecule has 0 heterocycles. The molecule has 0 atom stereocenters. The lowest BCUT2D eigenvalue weighted by Crippen LogP contribution is -2.34. The van der Waals surface area contributed by atoms with Gasteiger partial charge in [0.15, 0.2) is 0 Å². The number of rotatable bonds is 14. The van der Waals surface area contributed by atoms with E-state index in [9.17, 15) is 9.59 Å². The second kappa shape index (κ2) is 15.4. The maximum atomic E-state index is 11.8. The molecule has 5 nitrogen and oxygen atoms in total. The SMILES string of the molecule is CCCCCCCCCCCC(=O)NCC(=O)NN=Cc1ccccc1Br. The van der Waals surface area contributed by atoms with Gasteiger partial charge in [0.25, 0.3) is 5.91 Å². The molecule has 1 aromatic rings. The van der Waals surface area contributed by atoms with Gasteiger partial charge in [-0.15, -0.1) is 0 Å². The van der Waals surface area contributed by atoms with Crippen molar-refractivity contribution in [3.8, 4) is 0 Å². The van der Waals surface area contributed by atoms with Crippen LogP contribution >= 0.6 is 15.9 Å². The standard InChI is InChI=1S/C21H32BrN3O2/c1-2-3-4-5-6-7-8-9-10-15-20(26)23-17-21(27)25-24-16-18-13-11-12-14-19(18)22/h11-14,16H,2-10,15,17H2,1H3,(H,23,26)(H,25,27). The maximum absolute atomic E-state index is 11.8. The van der Waals surface area contributed by atoms with E-state index in [0.29, 0.717) is 6.42 Å². The predicted molar refractivity (Wildman–Crippen MR) is 115 cm³/mol. The van der Waals surface area contributed by atoms with Crippen molar-refractivity contribution >= 4 is 34.0 Å². The van der Waals surface area contributed by atoms with Crippen LogP contribution in [0.15, 0.2) is 33.8 Å². The summed E-state index contributed by atoms with van der Waals surface area (Å²) < 4.78 is 0.900. The molecule has 2 amide bonds. The summed E-state index contributed by atoms with van der Waals surface area (Å²) >= 11 is 3.41. The van der Waals surface area contributed by atoms with Crippen LogP contribution in [0.1, 0.15) is 76.7 Å². The molecule has 27 heavy (non-hydrogen) atoms. The zero-order valence-electron chi connectivity index (χ0n) is 16.3. The van der Waals surface area contributed by atoms with Crippen LogP contribution in [0.2, 0.25) is 0 Å². The molecule has 0 aliphatic carbocycles. The lowest BCUT2D eigenvalue weighted by atomic mass is 10.1. The lowest BCUT2D eigenvalue weighted by Gasteiger charge is -2.05. The molecule has 0 fully saturated rings. The minimum Gasteiger partial charge on any atom is -0.347 e. The van der Waals surface area contributed by atoms with E-state index in [1.165, 1.54) is 44.9 Å². The van der Waals surface area contributed by atoms with E-state index in [2.05, 4.69) is 38.7 Å². The van der Waals surface area contributed by atoms with E-state index in [-0.39, 0.29) is 18.4 Å². The van der Waals surface area contributed by atoms with Crippen molar-refractivity contribution in [2.45, 2.75) is 71.1 Å². The highest BCUT2D eigenvalue weighted by Crippen LogP contribution is 2.13. The second-order valence-electron chi connectivity index (χ2n) is 6.67. The summed E-state index contributed by atoms with van der Waals surface area (Å²) in [4.78, 5) is 23.5. The van der Waals surface area contributed by atoms with E-state index >= 15 is 0 Å².